The molecule has 2 N–H and O–H groups in total. The summed E-state index contributed by atoms with van der Waals surface area (Å²) >= 11 is 0. The topological polar surface area (TPSA) is 69.6 Å². The van der Waals surface area contributed by atoms with Gasteiger partial charge in [-0.05, 0) is 36.8 Å². The summed E-state index contributed by atoms with van der Waals surface area (Å²) in [5.74, 6) is 0. The zero-order chi connectivity index (χ0) is 17.2. The van der Waals surface area contributed by atoms with Gasteiger partial charge in [0, 0.05) is 38.4 Å². The van der Waals surface area contributed by atoms with Crippen LogP contribution < -0.4 is 11.3 Å². The molecule has 0 radical (unpaired) electrons. The van der Waals surface area contributed by atoms with Crippen molar-refractivity contribution in [3.8, 4) is 0 Å². The van der Waals surface area contributed by atoms with Crippen molar-refractivity contribution < 1.29 is 4.74 Å². The monoisotopic (exact) mass is 315 g/mol. The van der Waals surface area contributed by atoms with Crippen LogP contribution in [-0.4, -0.2) is 31.5 Å². The third kappa shape index (κ3) is 5.38. The fraction of sp³-hybridized carbons (Fsp3) is 0.333. The number of nitrogen functional groups attached to an aromatic ring is 1. The van der Waals surface area contributed by atoms with E-state index in [1.807, 2.05) is 30.4 Å². The Hall–Kier alpha value is -2.40. The Morgan fingerprint density at radius 3 is 2.61 bits per heavy atom. The molecule has 5 heteroatoms. The van der Waals surface area contributed by atoms with Crippen molar-refractivity contribution in [3.05, 3.63) is 52.8 Å². The molecule has 0 saturated heterocycles. The number of ether oxygens (including phenoxy) is 1. The first-order valence-electron chi connectivity index (χ1n) is 7.48. The van der Waals surface area contributed by atoms with Crippen molar-refractivity contribution in [2.45, 2.75) is 19.9 Å². The number of rotatable bonds is 4. The SMILES string of the molecule is CC/C=C\C(Cn1c(=O)ccc2cc(N)ccc21)=NC.COC. The van der Waals surface area contributed by atoms with Gasteiger partial charge in [-0.15, -0.1) is 0 Å². The minimum absolute atomic E-state index is 0.0340. The molecule has 5 nitrogen and oxygen atoms in total. The van der Waals surface area contributed by atoms with E-state index in [1.54, 1.807) is 38.0 Å². The molecule has 1 aromatic carbocycles. The lowest BCUT2D eigenvalue weighted by atomic mass is 10.2. The first-order chi connectivity index (χ1) is 11.1. The molecule has 0 aliphatic rings. The lowest BCUT2D eigenvalue weighted by Crippen LogP contribution is -2.23. The highest BCUT2D eigenvalue weighted by atomic mass is 16.4. The van der Waals surface area contributed by atoms with E-state index in [2.05, 4.69) is 16.7 Å². The highest BCUT2D eigenvalue weighted by Crippen LogP contribution is 2.15. The van der Waals surface area contributed by atoms with E-state index in [0.29, 0.717) is 12.2 Å². The minimum Gasteiger partial charge on any atom is -0.399 e. The summed E-state index contributed by atoms with van der Waals surface area (Å²) in [6.07, 6.45) is 4.94. The van der Waals surface area contributed by atoms with Gasteiger partial charge >= 0.3 is 0 Å². The zero-order valence-electron chi connectivity index (χ0n) is 14.2. The smallest absolute Gasteiger partial charge is 0.251 e. The summed E-state index contributed by atoms with van der Waals surface area (Å²) in [4.78, 5) is 16.3. The minimum atomic E-state index is -0.0340. The fourth-order valence-corrected chi connectivity index (χ4v) is 2.10. The Morgan fingerprint density at radius 2 is 2.00 bits per heavy atom. The number of pyridine rings is 1. The van der Waals surface area contributed by atoms with Crippen molar-refractivity contribution in [2.75, 3.05) is 27.0 Å². The number of aromatic nitrogens is 1. The Labute approximate surface area is 137 Å². The van der Waals surface area contributed by atoms with Crippen LogP contribution in [0.4, 0.5) is 5.69 Å². The summed E-state index contributed by atoms with van der Waals surface area (Å²) in [5, 5.41) is 0.958. The van der Waals surface area contributed by atoms with Gasteiger partial charge in [0.1, 0.15) is 0 Å². The maximum absolute atomic E-state index is 12.1. The molecule has 23 heavy (non-hydrogen) atoms. The average Bonchev–Trinajstić information content (AvgIpc) is 2.54. The number of methoxy groups -OCH3 is 1. The summed E-state index contributed by atoms with van der Waals surface area (Å²) in [6.45, 7) is 2.53. The molecule has 0 atom stereocenters. The number of nitrogens with two attached hydrogens (primary N) is 1. The van der Waals surface area contributed by atoms with Crippen molar-refractivity contribution in [3.63, 3.8) is 0 Å². The summed E-state index contributed by atoms with van der Waals surface area (Å²) in [7, 11) is 4.99. The number of benzene rings is 1. The van der Waals surface area contributed by atoms with Crippen LogP contribution in [0.2, 0.25) is 0 Å². The highest BCUT2D eigenvalue weighted by Gasteiger charge is 2.05. The quantitative estimate of drug-likeness (QED) is 0.696. The molecule has 2 aromatic rings. The Bertz CT molecular complexity index is 746. The maximum Gasteiger partial charge on any atom is 0.251 e. The standard InChI is InChI=1S/C16H19N3O.C2H6O/c1-3-4-5-14(18-2)11-19-15-8-7-13(17)10-12(15)6-9-16(19)20;1-3-2/h4-10H,3,11,17H2,1-2H3;1-2H3/b5-4-,18-14?;. The van der Waals surface area contributed by atoms with Gasteiger partial charge < -0.3 is 15.0 Å². The van der Waals surface area contributed by atoms with E-state index in [1.165, 1.54) is 0 Å². The molecule has 0 unspecified atom stereocenters. The Morgan fingerprint density at radius 1 is 1.30 bits per heavy atom. The van der Waals surface area contributed by atoms with E-state index in [4.69, 9.17) is 5.73 Å². The second kappa shape index (κ2) is 9.58. The predicted molar refractivity (Wildman–Crippen MR) is 98.3 cm³/mol. The molecule has 0 aliphatic carbocycles. The van der Waals surface area contributed by atoms with Crippen LogP contribution in [0.1, 0.15) is 13.3 Å². The summed E-state index contributed by atoms with van der Waals surface area (Å²) < 4.78 is 5.97. The van der Waals surface area contributed by atoms with E-state index in [0.717, 1.165) is 23.0 Å². The maximum atomic E-state index is 12.1. The van der Waals surface area contributed by atoms with Crippen LogP contribution in [0.15, 0.2) is 52.3 Å². The van der Waals surface area contributed by atoms with Crippen LogP contribution in [0, 0.1) is 0 Å². The van der Waals surface area contributed by atoms with Gasteiger partial charge in [0.25, 0.3) is 5.56 Å². The second-order valence-corrected chi connectivity index (χ2v) is 5.01. The van der Waals surface area contributed by atoms with E-state index in [9.17, 15) is 4.79 Å². The number of anilines is 1. The number of hydrogen-bond acceptors (Lipinski definition) is 4. The second-order valence-electron chi connectivity index (χ2n) is 5.01. The lowest BCUT2D eigenvalue weighted by Gasteiger charge is -2.10. The molecule has 0 aliphatic heterocycles. The number of hydrogen-bond donors (Lipinski definition) is 1. The first-order valence-corrected chi connectivity index (χ1v) is 7.48. The van der Waals surface area contributed by atoms with Crippen LogP contribution in [0.5, 0.6) is 0 Å². The Balaban J connectivity index is 0.000000816. The van der Waals surface area contributed by atoms with Crippen molar-refractivity contribution >= 4 is 22.3 Å². The van der Waals surface area contributed by atoms with Crippen molar-refractivity contribution in [1.82, 2.24) is 4.57 Å². The molecule has 2 rings (SSSR count). The van der Waals surface area contributed by atoms with Gasteiger partial charge in [-0.25, -0.2) is 0 Å². The van der Waals surface area contributed by atoms with Crippen LogP contribution >= 0.6 is 0 Å². The third-order valence-electron chi connectivity index (χ3n) is 3.17. The van der Waals surface area contributed by atoms with Crippen LogP contribution in [0.3, 0.4) is 0 Å². The molecule has 0 amide bonds. The van der Waals surface area contributed by atoms with Crippen LogP contribution in [-0.2, 0) is 11.3 Å². The Kier molecular flexibility index (Phi) is 7.77. The molecule has 0 bridgehead atoms. The third-order valence-corrected chi connectivity index (χ3v) is 3.17. The first kappa shape index (κ1) is 18.6. The van der Waals surface area contributed by atoms with Gasteiger partial charge in [-0.2, -0.15) is 0 Å². The van der Waals surface area contributed by atoms with Crippen molar-refractivity contribution in [1.29, 1.82) is 0 Å². The van der Waals surface area contributed by atoms with Gasteiger partial charge in [0.05, 0.1) is 17.8 Å². The van der Waals surface area contributed by atoms with E-state index < -0.39 is 0 Å². The molecular weight excluding hydrogens is 290 g/mol. The largest absolute Gasteiger partial charge is 0.399 e. The lowest BCUT2D eigenvalue weighted by molar-refractivity contribution is 0.277. The highest BCUT2D eigenvalue weighted by molar-refractivity contribution is 5.95. The molecule has 124 valence electrons. The molecule has 0 spiro atoms. The molecule has 0 fully saturated rings. The number of allylic oxidation sites excluding steroid dienone is 2. The van der Waals surface area contributed by atoms with Gasteiger partial charge in [0.15, 0.2) is 0 Å². The van der Waals surface area contributed by atoms with Gasteiger partial charge in [-0.1, -0.05) is 13.0 Å². The number of aliphatic imine (C=N–C) groups is 1. The number of nitrogens with zero attached hydrogens (tertiary/aromatic N) is 2. The molecule has 1 aromatic heterocycles. The van der Waals surface area contributed by atoms with Crippen molar-refractivity contribution in [2.24, 2.45) is 4.99 Å². The molecular formula is C18H25N3O2. The molecule has 1 heterocycles. The summed E-state index contributed by atoms with van der Waals surface area (Å²) in [5.41, 5.74) is 8.19. The van der Waals surface area contributed by atoms with E-state index >= 15 is 0 Å². The average molecular weight is 315 g/mol. The van der Waals surface area contributed by atoms with E-state index in [-0.39, 0.29) is 5.56 Å². The summed E-state index contributed by atoms with van der Waals surface area (Å²) in [6, 6.07) is 8.93. The predicted octanol–water partition coefficient (Wildman–Crippen LogP) is 2.88. The zero-order valence-corrected chi connectivity index (χ0v) is 14.2. The fourth-order valence-electron chi connectivity index (χ4n) is 2.10. The molecule has 0 saturated carbocycles. The van der Waals surface area contributed by atoms with Gasteiger partial charge in [0.2, 0.25) is 0 Å². The normalized spacial score (nSPS) is 11.6. The van der Waals surface area contributed by atoms with Crippen LogP contribution in [0.25, 0.3) is 10.9 Å². The van der Waals surface area contributed by atoms with Gasteiger partial charge in [-0.3, -0.25) is 9.79 Å². The number of fused-ring (bicyclic) bond motifs is 1.